The average molecular weight is 567 g/mol. The molecule has 4 aromatic carbocycles. The summed E-state index contributed by atoms with van der Waals surface area (Å²) in [4.78, 5) is 19.0. The molecule has 0 aliphatic rings. The normalized spacial score (nSPS) is 11.8. The Balaban J connectivity index is 1.50. The van der Waals surface area contributed by atoms with Gasteiger partial charge in [-0.3, -0.25) is 9.52 Å². The minimum Gasteiger partial charge on any atom is -0.378 e. The Kier molecular flexibility index (Phi) is 7.36. The number of carbonyl (C=O) groups excluding carboxylic acids is 1. The standard InChI is InChI=1S/C33H34N4O3S/c1-33(2,3)23-11-18-27(19-12-23)41(39,40)36-25-15-20-29-28(21-25)30(22-9-7-6-8-10-22)31(35-29)32(38)34-24-13-16-26(17-14-24)37(4)5/h6-21,35-36H,1-5H3,(H,34,38). The van der Waals surface area contributed by atoms with Crippen molar-refractivity contribution in [2.75, 3.05) is 29.0 Å². The number of aromatic nitrogens is 1. The highest BCUT2D eigenvalue weighted by Crippen LogP contribution is 2.35. The molecule has 8 heteroatoms. The van der Waals surface area contributed by atoms with Gasteiger partial charge < -0.3 is 15.2 Å². The van der Waals surface area contributed by atoms with Crippen molar-refractivity contribution in [1.82, 2.24) is 4.98 Å². The summed E-state index contributed by atoms with van der Waals surface area (Å²) in [6.07, 6.45) is 0. The lowest BCUT2D eigenvalue weighted by Crippen LogP contribution is -2.14. The molecule has 3 N–H and O–H groups in total. The summed E-state index contributed by atoms with van der Waals surface area (Å²) in [7, 11) is 0.0945. The van der Waals surface area contributed by atoms with Crippen LogP contribution in [0.3, 0.4) is 0 Å². The number of rotatable bonds is 7. The van der Waals surface area contributed by atoms with Gasteiger partial charge in [-0.2, -0.15) is 0 Å². The van der Waals surface area contributed by atoms with E-state index in [-0.39, 0.29) is 16.2 Å². The first kappa shape index (κ1) is 28.0. The fourth-order valence-electron chi connectivity index (χ4n) is 4.72. The quantitative estimate of drug-likeness (QED) is 0.193. The number of carbonyl (C=O) groups is 1. The van der Waals surface area contributed by atoms with E-state index in [0.29, 0.717) is 22.6 Å². The molecular weight excluding hydrogens is 532 g/mol. The van der Waals surface area contributed by atoms with Crippen LogP contribution in [0.2, 0.25) is 0 Å². The fourth-order valence-corrected chi connectivity index (χ4v) is 5.76. The zero-order valence-electron chi connectivity index (χ0n) is 23.8. The molecule has 0 radical (unpaired) electrons. The molecule has 0 atom stereocenters. The van der Waals surface area contributed by atoms with Gasteiger partial charge in [-0.15, -0.1) is 0 Å². The second-order valence-corrected chi connectivity index (χ2v) is 13.0. The summed E-state index contributed by atoms with van der Waals surface area (Å²) in [6.45, 7) is 6.25. The molecule has 1 heterocycles. The van der Waals surface area contributed by atoms with E-state index >= 15 is 0 Å². The van der Waals surface area contributed by atoms with Crippen LogP contribution in [0.4, 0.5) is 17.1 Å². The Morgan fingerprint density at radius 1 is 0.805 bits per heavy atom. The average Bonchev–Trinajstić information content (AvgIpc) is 3.32. The molecular formula is C33H34N4O3S. The van der Waals surface area contributed by atoms with E-state index in [1.54, 1.807) is 30.3 Å². The zero-order valence-corrected chi connectivity index (χ0v) is 24.6. The Labute approximate surface area is 241 Å². The maximum Gasteiger partial charge on any atom is 0.272 e. The van der Waals surface area contributed by atoms with Gasteiger partial charge in [-0.05, 0) is 71.1 Å². The SMILES string of the molecule is CN(C)c1ccc(NC(=O)c2[nH]c3ccc(NS(=O)(=O)c4ccc(C(C)(C)C)cc4)cc3c2-c2ccccc2)cc1. The molecule has 1 amide bonds. The monoisotopic (exact) mass is 566 g/mol. The van der Waals surface area contributed by atoms with Crippen molar-refractivity contribution in [3.63, 3.8) is 0 Å². The smallest absolute Gasteiger partial charge is 0.272 e. The van der Waals surface area contributed by atoms with Crippen LogP contribution in [0.25, 0.3) is 22.0 Å². The molecule has 7 nitrogen and oxygen atoms in total. The largest absolute Gasteiger partial charge is 0.378 e. The lowest BCUT2D eigenvalue weighted by atomic mass is 9.87. The van der Waals surface area contributed by atoms with Gasteiger partial charge in [0.2, 0.25) is 0 Å². The Morgan fingerprint density at radius 3 is 2.05 bits per heavy atom. The van der Waals surface area contributed by atoms with E-state index in [0.717, 1.165) is 27.7 Å². The Hall–Kier alpha value is -4.56. The first-order valence-electron chi connectivity index (χ1n) is 13.4. The molecule has 0 aliphatic carbocycles. The highest BCUT2D eigenvalue weighted by molar-refractivity contribution is 7.92. The minimum atomic E-state index is -3.82. The van der Waals surface area contributed by atoms with E-state index in [2.05, 4.69) is 35.8 Å². The number of anilines is 3. The zero-order chi connectivity index (χ0) is 29.4. The lowest BCUT2D eigenvalue weighted by molar-refractivity contribution is 0.102. The summed E-state index contributed by atoms with van der Waals surface area (Å²) in [5.41, 5.74) is 5.71. The number of benzene rings is 4. The predicted molar refractivity (Wildman–Crippen MR) is 168 cm³/mol. The van der Waals surface area contributed by atoms with Crippen molar-refractivity contribution in [3.05, 3.63) is 108 Å². The minimum absolute atomic E-state index is 0.0808. The Bertz CT molecular complexity index is 1800. The van der Waals surface area contributed by atoms with E-state index in [1.807, 2.05) is 85.7 Å². The summed E-state index contributed by atoms with van der Waals surface area (Å²) < 4.78 is 29.2. The topological polar surface area (TPSA) is 94.3 Å². The molecule has 1 aromatic heterocycles. The van der Waals surface area contributed by atoms with Gasteiger partial charge in [0.1, 0.15) is 5.69 Å². The van der Waals surface area contributed by atoms with Gasteiger partial charge in [0.15, 0.2) is 0 Å². The van der Waals surface area contributed by atoms with Crippen molar-refractivity contribution in [2.45, 2.75) is 31.1 Å². The van der Waals surface area contributed by atoms with Crippen LogP contribution in [0.1, 0.15) is 36.8 Å². The molecule has 0 bridgehead atoms. The lowest BCUT2D eigenvalue weighted by Gasteiger charge is -2.19. The molecule has 210 valence electrons. The van der Waals surface area contributed by atoms with Crippen molar-refractivity contribution in [2.24, 2.45) is 0 Å². The molecule has 0 spiro atoms. The number of hydrogen-bond acceptors (Lipinski definition) is 4. The van der Waals surface area contributed by atoms with Crippen molar-refractivity contribution in [1.29, 1.82) is 0 Å². The molecule has 0 fully saturated rings. The van der Waals surface area contributed by atoms with Crippen molar-refractivity contribution < 1.29 is 13.2 Å². The Morgan fingerprint density at radius 2 is 1.44 bits per heavy atom. The van der Waals surface area contributed by atoms with E-state index < -0.39 is 10.0 Å². The molecule has 0 saturated carbocycles. The van der Waals surface area contributed by atoms with Crippen LogP contribution < -0.4 is 14.9 Å². The first-order valence-corrected chi connectivity index (χ1v) is 14.8. The number of aromatic amines is 1. The maximum absolute atomic E-state index is 13.5. The second kappa shape index (κ2) is 10.8. The highest BCUT2D eigenvalue weighted by Gasteiger charge is 2.22. The highest BCUT2D eigenvalue weighted by atomic mass is 32.2. The fraction of sp³-hybridized carbons (Fsp3) is 0.182. The van der Waals surface area contributed by atoms with Gasteiger partial charge >= 0.3 is 0 Å². The molecule has 0 saturated heterocycles. The summed E-state index contributed by atoms with van der Waals surface area (Å²) in [6, 6.07) is 29.4. The van der Waals surface area contributed by atoms with E-state index in [1.165, 1.54) is 0 Å². The predicted octanol–water partition coefficient (Wildman–Crippen LogP) is 7.25. The van der Waals surface area contributed by atoms with Crippen LogP contribution in [0.15, 0.2) is 102 Å². The first-order chi connectivity index (χ1) is 19.4. The number of H-pyrrole nitrogens is 1. The molecule has 0 aliphatic heterocycles. The molecule has 0 unspecified atom stereocenters. The third-order valence-corrected chi connectivity index (χ3v) is 8.41. The van der Waals surface area contributed by atoms with Crippen LogP contribution in [0, 0.1) is 0 Å². The van der Waals surface area contributed by atoms with Crippen LogP contribution in [-0.2, 0) is 15.4 Å². The third kappa shape index (κ3) is 5.98. The summed E-state index contributed by atoms with van der Waals surface area (Å²) in [5, 5.41) is 3.71. The number of fused-ring (bicyclic) bond motifs is 1. The van der Waals surface area contributed by atoms with E-state index in [4.69, 9.17) is 0 Å². The number of hydrogen-bond donors (Lipinski definition) is 3. The number of amides is 1. The molecule has 5 rings (SSSR count). The van der Waals surface area contributed by atoms with Gasteiger partial charge in [0.25, 0.3) is 15.9 Å². The summed E-state index contributed by atoms with van der Waals surface area (Å²) >= 11 is 0. The van der Waals surface area contributed by atoms with Crippen LogP contribution in [0.5, 0.6) is 0 Å². The van der Waals surface area contributed by atoms with Gasteiger partial charge in [0.05, 0.1) is 4.90 Å². The second-order valence-electron chi connectivity index (χ2n) is 11.3. The van der Waals surface area contributed by atoms with Crippen molar-refractivity contribution >= 4 is 43.9 Å². The van der Waals surface area contributed by atoms with Crippen LogP contribution in [-0.4, -0.2) is 33.4 Å². The van der Waals surface area contributed by atoms with Crippen molar-refractivity contribution in [3.8, 4) is 11.1 Å². The van der Waals surface area contributed by atoms with Gasteiger partial charge in [-0.25, -0.2) is 8.42 Å². The summed E-state index contributed by atoms with van der Waals surface area (Å²) in [5.74, 6) is -0.293. The van der Waals surface area contributed by atoms with Gasteiger partial charge in [0, 0.05) is 47.6 Å². The maximum atomic E-state index is 13.5. The number of nitrogens with one attached hydrogen (secondary N) is 3. The molecule has 41 heavy (non-hydrogen) atoms. The third-order valence-electron chi connectivity index (χ3n) is 7.01. The van der Waals surface area contributed by atoms with Crippen LogP contribution >= 0.6 is 0 Å². The number of nitrogens with zero attached hydrogens (tertiary/aromatic N) is 1. The van der Waals surface area contributed by atoms with Gasteiger partial charge in [-0.1, -0.05) is 63.2 Å². The molecule has 5 aromatic rings. The number of sulfonamides is 1. The van der Waals surface area contributed by atoms with E-state index in [9.17, 15) is 13.2 Å².